The molecule has 8 nitrogen and oxygen atoms in total. The highest BCUT2D eigenvalue weighted by Crippen LogP contribution is 2.18. The molecule has 0 spiro atoms. The fourth-order valence-electron chi connectivity index (χ4n) is 2.09. The Balaban J connectivity index is 2.10. The predicted octanol–water partition coefficient (Wildman–Crippen LogP) is 0.289. The second-order valence-electron chi connectivity index (χ2n) is 4.86. The van der Waals surface area contributed by atoms with E-state index in [1.165, 1.54) is 24.1 Å². The quantitative estimate of drug-likeness (QED) is 0.831. The number of hydrogen-bond donors (Lipinski definition) is 2. The van der Waals surface area contributed by atoms with Gasteiger partial charge in [0.05, 0.1) is 0 Å². The average molecular weight is 305 g/mol. The monoisotopic (exact) mass is 305 g/mol. The van der Waals surface area contributed by atoms with E-state index in [0.29, 0.717) is 11.3 Å². The van der Waals surface area contributed by atoms with Crippen molar-refractivity contribution in [2.45, 2.75) is 6.42 Å². The first-order valence-electron chi connectivity index (χ1n) is 6.57. The van der Waals surface area contributed by atoms with E-state index in [1.54, 1.807) is 12.1 Å². The molecule has 1 fully saturated rings. The summed E-state index contributed by atoms with van der Waals surface area (Å²) < 4.78 is 0. The molecule has 0 radical (unpaired) electrons. The van der Waals surface area contributed by atoms with E-state index in [0.717, 1.165) is 4.90 Å². The Hall–Kier alpha value is -2.90. The SMILES string of the molecule is CN(CC(=O)O)C(=O)c1ccc(N2CCC(=O)NC2=O)cc1. The number of nitrogens with zero attached hydrogens (tertiary/aromatic N) is 2. The van der Waals surface area contributed by atoms with E-state index in [2.05, 4.69) is 5.32 Å². The lowest BCUT2D eigenvalue weighted by molar-refractivity contribution is -0.137. The minimum Gasteiger partial charge on any atom is -0.480 e. The molecular weight excluding hydrogens is 290 g/mol. The van der Waals surface area contributed by atoms with Crippen molar-refractivity contribution < 1.29 is 24.3 Å². The number of hydrogen-bond acceptors (Lipinski definition) is 4. The summed E-state index contributed by atoms with van der Waals surface area (Å²) in [6, 6.07) is 5.69. The standard InChI is InChI=1S/C14H15N3O5/c1-16(8-12(19)20)13(21)9-2-4-10(5-3-9)17-7-6-11(18)15-14(17)22/h2-5H,6-8H2,1H3,(H,19,20)(H,15,18,22). The van der Waals surface area contributed by atoms with E-state index in [1.807, 2.05) is 0 Å². The molecule has 0 unspecified atom stereocenters. The molecule has 0 bridgehead atoms. The second kappa shape index (κ2) is 6.25. The van der Waals surface area contributed by atoms with Crippen LogP contribution >= 0.6 is 0 Å². The number of aliphatic carboxylic acids is 1. The highest BCUT2D eigenvalue weighted by molar-refractivity contribution is 6.05. The van der Waals surface area contributed by atoms with Gasteiger partial charge in [-0.1, -0.05) is 0 Å². The summed E-state index contributed by atoms with van der Waals surface area (Å²) in [5, 5.41) is 10.9. The van der Waals surface area contributed by atoms with E-state index in [9.17, 15) is 19.2 Å². The molecule has 8 heteroatoms. The number of carboxylic acid groups (broad SMARTS) is 1. The van der Waals surface area contributed by atoms with Crippen molar-refractivity contribution in [3.05, 3.63) is 29.8 Å². The minimum absolute atomic E-state index is 0.216. The highest BCUT2D eigenvalue weighted by atomic mass is 16.4. The predicted molar refractivity (Wildman–Crippen MR) is 76.5 cm³/mol. The molecule has 0 saturated carbocycles. The van der Waals surface area contributed by atoms with E-state index in [-0.39, 0.29) is 18.9 Å². The zero-order valence-electron chi connectivity index (χ0n) is 11.9. The van der Waals surface area contributed by atoms with Crippen LogP contribution in [0.5, 0.6) is 0 Å². The van der Waals surface area contributed by atoms with Crippen molar-refractivity contribution in [2.24, 2.45) is 0 Å². The van der Waals surface area contributed by atoms with Crippen LogP contribution in [0.1, 0.15) is 16.8 Å². The molecule has 2 rings (SSSR count). The fraction of sp³-hybridized carbons (Fsp3) is 0.286. The van der Waals surface area contributed by atoms with Gasteiger partial charge in [0.25, 0.3) is 5.91 Å². The summed E-state index contributed by atoms with van der Waals surface area (Å²) in [7, 11) is 1.40. The molecule has 116 valence electrons. The molecule has 1 heterocycles. The van der Waals surface area contributed by atoms with E-state index in [4.69, 9.17) is 5.11 Å². The minimum atomic E-state index is -1.10. The number of nitrogens with one attached hydrogen (secondary N) is 1. The number of carboxylic acids is 1. The fourth-order valence-corrected chi connectivity index (χ4v) is 2.09. The van der Waals surface area contributed by atoms with Gasteiger partial charge in [-0.25, -0.2) is 4.79 Å². The van der Waals surface area contributed by atoms with Crippen molar-refractivity contribution in [3.63, 3.8) is 0 Å². The van der Waals surface area contributed by atoms with E-state index < -0.39 is 24.5 Å². The lowest BCUT2D eigenvalue weighted by atomic mass is 10.1. The van der Waals surface area contributed by atoms with Crippen LogP contribution in [0.3, 0.4) is 0 Å². The molecule has 0 atom stereocenters. The number of urea groups is 1. The molecule has 1 aromatic rings. The summed E-state index contributed by atoms with van der Waals surface area (Å²) in [5.41, 5.74) is 0.878. The van der Waals surface area contributed by atoms with Crippen molar-refractivity contribution in [1.82, 2.24) is 10.2 Å². The van der Waals surface area contributed by atoms with Gasteiger partial charge < -0.3 is 10.0 Å². The van der Waals surface area contributed by atoms with Gasteiger partial charge in [-0.3, -0.25) is 24.6 Å². The maximum atomic E-state index is 12.0. The van der Waals surface area contributed by atoms with Crippen LogP contribution < -0.4 is 10.2 Å². The smallest absolute Gasteiger partial charge is 0.328 e. The molecule has 1 aromatic carbocycles. The van der Waals surface area contributed by atoms with Crippen LogP contribution in [0.2, 0.25) is 0 Å². The van der Waals surface area contributed by atoms with Crippen molar-refractivity contribution in [3.8, 4) is 0 Å². The third-order valence-corrected chi connectivity index (χ3v) is 3.20. The molecule has 22 heavy (non-hydrogen) atoms. The number of carbonyl (C=O) groups excluding carboxylic acids is 3. The van der Waals surface area contributed by atoms with Gasteiger partial charge in [-0.2, -0.15) is 0 Å². The first-order chi connectivity index (χ1) is 10.4. The number of benzene rings is 1. The zero-order valence-corrected chi connectivity index (χ0v) is 11.9. The Morgan fingerprint density at radius 2 is 1.91 bits per heavy atom. The first-order valence-corrected chi connectivity index (χ1v) is 6.57. The molecule has 1 aliphatic heterocycles. The summed E-state index contributed by atoms with van der Waals surface area (Å²) in [5.74, 6) is -1.84. The Bertz CT molecular complexity index is 626. The summed E-state index contributed by atoms with van der Waals surface area (Å²) in [6.45, 7) is -0.117. The Kier molecular flexibility index (Phi) is 4.40. The van der Waals surface area contributed by atoms with Crippen LogP contribution in [0.15, 0.2) is 24.3 Å². The summed E-state index contributed by atoms with van der Waals surface area (Å²) in [6.07, 6.45) is 0.216. The van der Waals surface area contributed by atoms with Crippen molar-refractivity contribution in [2.75, 3.05) is 25.0 Å². The number of carbonyl (C=O) groups is 4. The molecule has 1 saturated heterocycles. The maximum absolute atomic E-state index is 12.0. The number of rotatable bonds is 4. The molecular formula is C14H15N3O5. The number of likely N-dealkylation sites (N-methyl/N-ethyl adjacent to an activating group) is 1. The van der Waals surface area contributed by atoms with Gasteiger partial charge in [0.2, 0.25) is 5.91 Å². The van der Waals surface area contributed by atoms with E-state index >= 15 is 0 Å². The Labute approximate surface area is 126 Å². The molecule has 2 N–H and O–H groups in total. The van der Waals surface area contributed by atoms with Crippen molar-refractivity contribution in [1.29, 1.82) is 0 Å². The molecule has 4 amide bonds. The molecule has 0 aliphatic carbocycles. The largest absolute Gasteiger partial charge is 0.480 e. The third-order valence-electron chi connectivity index (χ3n) is 3.20. The topological polar surface area (TPSA) is 107 Å². The van der Waals surface area contributed by atoms with Gasteiger partial charge in [0, 0.05) is 31.3 Å². The van der Waals surface area contributed by atoms with Crippen LogP contribution in [0.25, 0.3) is 0 Å². The third kappa shape index (κ3) is 3.40. The highest BCUT2D eigenvalue weighted by Gasteiger charge is 2.24. The van der Waals surface area contributed by atoms with Gasteiger partial charge >= 0.3 is 12.0 Å². The molecule has 1 aliphatic rings. The number of anilines is 1. The van der Waals surface area contributed by atoms with Gasteiger partial charge in [0.15, 0.2) is 0 Å². The Morgan fingerprint density at radius 3 is 2.45 bits per heavy atom. The van der Waals surface area contributed by atoms with Gasteiger partial charge in [-0.15, -0.1) is 0 Å². The summed E-state index contributed by atoms with van der Waals surface area (Å²) >= 11 is 0. The average Bonchev–Trinajstić information content (AvgIpc) is 2.46. The second-order valence-corrected chi connectivity index (χ2v) is 4.86. The molecule has 0 aromatic heterocycles. The van der Waals surface area contributed by atoms with Gasteiger partial charge in [0.1, 0.15) is 6.54 Å². The van der Waals surface area contributed by atoms with Crippen LogP contribution in [0.4, 0.5) is 10.5 Å². The summed E-state index contributed by atoms with van der Waals surface area (Å²) in [4.78, 5) is 47.9. The lowest BCUT2D eigenvalue weighted by Crippen LogP contribution is -2.49. The number of amides is 4. The maximum Gasteiger partial charge on any atom is 0.328 e. The van der Waals surface area contributed by atoms with Crippen molar-refractivity contribution >= 4 is 29.5 Å². The Morgan fingerprint density at radius 1 is 1.27 bits per heavy atom. The first kappa shape index (κ1) is 15.5. The normalized spacial score (nSPS) is 14.5. The zero-order chi connectivity index (χ0) is 16.3. The van der Waals surface area contributed by atoms with Crippen LogP contribution in [-0.4, -0.2) is 54.0 Å². The van der Waals surface area contributed by atoms with Gasteiger partial charge in [-0.05, 0) is 24.3 Å². The number of imide groups is 1. The van der Waals surface area contributed by atoms with Crippen LogP contribution in [-0.2, 0) is 9.59 Å². The lowest BCUT2D eigenvalue weighted by Gasteiger charge is -2.26. The van der Waals surface area contributed by atoms with Crippen LogP contribution in [0, 0.1) is 0 Å².